The average molecular weight is 299 g/mol. The van der Waals surface area contributed by atoms with E-state index in [1.807, 2.05) is 0 Å². The highest BCUT2D eigenvalue weighted by molar-refractivity contribution is 5.87. The number of methoxy groups -OCH3 is 2. The van der Waals surface area contributed by atoms with E-state index < -0.39 is 12.4 Å². The number of alkyl halides is 2. The van der Waals surface area contributed by atoms with E-state index in [4.69, 9.17) is 19.1 Å². The maximum absolute atomic E-state index is 12.9. The molecule has 0 spiro atoms. The number of nitrogens with zero attached hydrogens (tertiary/aromatic N) is 1. The second kappa shape index (κ2) is 5.78. The molecular formula is C13H11F2NO5. The molecule has 1 N–H and O–H groups in total. The van der Waals surface area contributed by atoms with Gasteiger partial charge >= 0.3 is 5.97 Å². The molecule has 0 radical (unpaired) electrons. The highest BCUT2D eigenvalue weighted by atomic mass is 19.3. The molecule has 0 aliphatic heterocycles. The molecule has 0 bridgehead atoms. The van der Waals surface area contributed by atoms with Gasteiger partial charge in [-0.25, -0.2) is 13.6 Å². The van der Waals surface area contributed by atoms with Gasteiger partial charge in [-0.3, -0.25) is 0 Å². The molecule has 2 rings (SSSR count). The Morgan fingerprint density at radius 1 is 1.24 bits per heavy atom. The van der Waals surface area contributed by atoms with Crippen molar-refractivity contribution in [3.63, 3.8) is 0 Å². The van der Waals surface area contributed by atoms with Crippen molar-refractivity contribution >= 4 is 5.97 Å². The normalized spacial score (nSPS) is 10.7. The summed E-state index contributed by atoms with van der Waals surface area (Å²) >= 11 is 0. The Kier molecular flexibility index (Phi) is 4.06. The lowest BCUT2D eigenvalue weighted by molar-refractivity contribution is 0.0685. The molecule has 0 fully saturated rings. The fourth-order valence-corrected chi connectivity index (χ4v) is 1.79. The Morgan fingerprint density at radius 2 is 1.90 bits per heavy atom. The number of carboxylic acid groups (broad SMARTS) is 1. The number of halogens is 2. The van der Waals surface area contributed by atoms with Crippen LogP contribution >= 0.6 is 0 Å². The third-order valence-corrected chi connectivity index (χ3v) is 2.78. The smallest absolute Gasteiger partial charge is 0.358 e. The molecule has 8 heteroatoms. The standard InChI is InChI=1S/C13H11F2NO5/c1-19-9-4-7(12(14)15)10(20-2)3-6(9)11-5-8(13(17)18)16-21-11/h3-5,12H,1-2H3,(H,17,18). The predicted molar refractivity (Wildman–Crippen MR) is 67.0 cm³/mol. The number of hydrogen-bond acceptors (Lipinski definition) is 5. The Balaban J connectivity index is 2.58. The van der Waals surface area contributed by atoms with Gasteiger partial charge in [-0.2, -0.15) is 0 Å². The van der Waals surface area contributed by atoms with Gasteiger partial charge in [0.25, 0.3) is 6.43 Å². The van der Waals surface area contributed by atoms with E-state index in [1.54, 1.807) is 0 Å². The second-order valence-electron chi connectivity index (χ2n) is 3.98. The summed E-state index contributed by atoms with van der Waals surface area (Å²) in [5.41, 5.74) is -0.376. The van der Waals surface area contributed by atoms with Crippen LogP contribution in [-0.2, 0) is 0 Å². The topological polar surface area (TPSA) is 81.8 Å². The number of carboxylic acids is 1. The van der Waals surface area contributed by atoms with Gasteiger partial charge in [-0.05, 0) is 12.1 Å². The molecule has 1 aromatic carbocycles. The van der Waals surface area contributed by atoms with E-state index in [2.05, 4.69) is 5.16 Å². The lowest BCUT2D eigenvalue weighted by Crippen LogP contribution is -1.97. The number of ether oxygens (including phenoxy) is 2. The van der Waals surface area contributed by atoms with Crippen LogP contribution in [0, 0.1) is 0 Å². The van der Waals surface area contributed by atoms with E-state index in [1.165, 1.54) is 26.4 Å². The van der Waals surface area contributed by atoms with Gasteiger partial charge in [0.05, 0.1) is 25.3 Å². The molecule has 0 aliphatic rings. The van der Waals surface area contributed by atoms with Crippen LogP contribution in [0.25, 0.3) is 11.3 Å². The Bertz CT molecular complexity index is 669. The summed E-state index contributed by atoms with van der Waals surface area (Å²) < 4.78 is 40.7. The van der Waals surface area contributed by atoms with Crippen LogP contribution in [0.1, 0.15) is 22.5 Å². The third kappa shape index (κ3) is 2.78. The second-order valence-corrected chi connectivity index (χ2v) is 3.98. The molecule has 1 aromatic heterocycles. The van der Waals surface area contributed by atoms with Crippen molar-refractivity contribution in [3.05, 3.63) is 29.5 Å². The lowest BCUT2D eigenvalue weighted by atomic mass is 10.1. The highest BCUT2D eigenvalue weighted by Gasteiger charge is 2.22. The van der Waals surface area contributed by atoms with Crippen molar-refractivity contribution in [3.8, 4) is 22.8 Å². The van der Waals surface area contributed by atoms with Crippen LogP contribution in [0.3, 0.4) is 0 Å². The molecule has 0 aliphatic carbocycles. The van der Waals surface area contributed by atoms with Crippen LogP contribution in [0.5, 0.6) is 11.5 Å². The SMILES string of the molecule is COc1cc(C(F)F)c(OC)cc1-c1cc(C(=O)O)no1. The van der Waals surface area contributed by atoms with E-state index in [0.717, 1.165) is 6.07 Å². The summed E-state index contributed by atoms with van der Waals surface area (Å²) in [4.78, 5) is 10.8. The predicted octanol–water partition coefficient (Wildman–Crippen LogP) is 2.99. The van der Waals surface area contributed by atoms with Crippen LogP contribution in [0.2, 0.25) is 0 Å². The van der Waals surface area contributed by atoms with Gasteiger partial charge in [0.15, 0.2) is 11.5 Å². The summed E-state index contributed by atoms with van der Waals surface area (Å²) in [6.45, 7) is 0. The number of hydrogen-bond donors (Lipinski definition) is 1. The molecule has 112 valence electrons. The quantitative estimate of drug-likeness (QED) is 0.914. The van der Waals surface area contributed by atoms with E-state index in [9.17, 15) is 13.6 Å². The first kappa shape index (κ1) is 14.8. The van der Waals surface area contributed by atoms with E-state index in [0.29, 0.717) is 0 Å². The summed E-state index contributed by atoms with van der Waals surface area (Å²) in [5.74, 6) is -1.16. The van der Waals surface area contributed by atoms with Crippen molar-refractivity contribution in [2.75, 3.05) is 14.2 Å². The number of aromatic nitrogens is 1. The van der Waals surface area contributed by atoms with Gasteiger partial charge in [-0.1, -0.05) is 5.16 Å². The zero-order valence-electron chi connectivity index (χ0n) is 11.1. The summed E-state index contributed by atoms with van der Waals surface area (Å²) in [6, 6.07) is 3.57. The maximum atomic E-state index is 12.9. The Hall–Kier alpha value is -2.64. The Morgan fingerprint density at radius 3 is 2.38 bits per heavy atom. The molecule has 0 amide bonds. The first-order chi connectivity index (χ1) is 9.97. The fraction of sp³-hybridized carbons (Fsp3) is 0.231. The molecule has 0 unspecified atom stereocenters. The zero-order chi connectivity index (χ0) is 15.6. The molecule has 21 heavy (non-hydrogen) atoms. The van der Waals surface area contributed by atoms with Gasteiger partial charge in [0, 0.05) is 6.07 Å². The van der Waals surface area contributed by atoms with Crippen LogP contribution in [-0.4, -0.2) is 30.5 Å². The van der Waals surface area contributed by atoms with Gasteiger partial charge in [0.2, 0.25) is 0 Å². The number of benzene rings is 1. The van der Waals surface area contributed by atoms with E-state index in [-0.39, 0.29) is 34.1 Å². The van der Waals surface area contributed by atoms with E-state index >= 15 is 0 Å². The number of rotatable bonds is 5. The molecule has 0 atom stereocenters. The average Bonchev–Trinajstić information content (AvgIpc) is 2.95. The zero-order valence-corrected chi connectivity index (χ0v) is 11.1. The minimum atomic E-state index is -2.74. The molecule has 6 nitrogen and oxygen atoms in total. The number of carbonyl (C=O) groups is 1. The monoisotopic (exact) mass is 299 g/mol. The summed E-state index contributed by atoms with van der Waals surface area (Å²) in [7, 11) is 2.55. The molecule has 1 heterocycles. The molecular weight excluding hydrogens is 288 g/mol. The Labute approximate surface area is 117 Å². The van der Waals surface area contributed by atoms with Gasteiger partial charge in [0.1, 0.15) is 11.5 Å². The minimum absolute atomic E-state index is 0.0610. The first-order valence-electron chi connectivity index (χ1n) is 5.72. The van der Waals surface area contributed by atoms with Crippen molar-refractivity contribution in [2.24, 2.45) is 0 Å². The molecule has 0 saturated heterocycles. The largest absolute Gasteiger partial charge is 0.496 e. The highest BCUT2D eigenvalue weighted by Crippen LogP contribution is 2.40. The summed E-state index contributed by atoms with van der Waals surface area (Å²) in [5, 5.41) is 12.2. The van der Waals surface area contributed by atoms with Crippen LogP contribution < -0.4 is 9.47 Å². The van der Waals surface area contributed by atoms with Crippen molar-refractivity contribution < 1.29 is 32.7 Å². The third-order valence-electron chi connectivity index (χ3n) is 2.78. The van der Waals surface area contributed by atoms with Crippen molar-refractivity contribution in [1.82, 2.24) is 5.16 Å². The lowest BCUT2D eigenvalue weighted by Gasteiger charge is -2.12. The summed E-state index contributed by atoms with van der Waals surface area (Å²) in [6.07, 6.45) is -2.74. The van der Waals surface area contributed by atoms with Crippen molar-refractivity contribution in [2.45, 2.75) is 6.43 Å². The maximum Gasteiger partial charge on any atom is 0.358 e. The van der Waals surface area contributed by atoms with Gasteiger partial charge in [-0.15, -0.1) is 0 Å². The minimum Gasteiger partial charge on any atom is -0.496 e. The van der Waals surface area contributed by atoms with Crippen LogP contribution in [0.4, 0.5) is 8.78 Å². The fourth-order valence-electron chi connectivity index (χ4n) is 1.79. The van der Waals surface area contributed by atoms with Crippen LogP contribution in [0.15, 0.2) is 22.7 Å². The van der Waals surface area contributed by atoms with Gasteiger partial charge < -0.3 is 19.1 Å². The van der Waals surface area contributed by atoms with Crippen molar-refractivity contribution in [1.29, 1.82) is 0 Å². The molecule has 0 saturated carbocycles. The first-order valence-corrected chi connectivity index (χ1v) is 5.72. The molecule has 2 aromatic rings. The number of aromatic carboxylic acids is 1.